The minimum atomic E-state index is -0.216. The first-order valence-electron chi connectivity index (χ1n) is 9.34. The fourth-order valence-electron chi connectivity index (χ4n) is 3.21. The molecular formula is C22H24N2O3. The lowest BCUT2D eigenvalue weighted by Gasteiger charge is -2.31. The van der Waals surface area contributed by atoms with E-state index in [-0.39, 0.29) is 6.09 Å². The molecule has 1 aliphatic rings. The molecule has 3 rings (SSSR count). The third-order valence-electron chi connectivity index (χ3n) is 4.81. The number of hydrogen-bond acceptors (Lipinski definition) is 4. The summed E-state index contributed by atoms with van der Waals surface area (Å²) < 4.78 is 11.1. The summed E-state index contributed by atoms with van der Waals surface area (Å²) in [5.74, 6) is 1.28. The Balaban J connectivity index is 1.53. The number of ether oxygens (including phenoxy) is 2. The van der Waals surface area contributed by atoms with Gasteiger partial charge in [0, 0.05) is 13.1 Å². The van der Waals surface area contributed by atoms with E-state index >= 15 is 0 Å². The maximum Gasteiger partial charge on any atom is 0.409 e. The highest BCUT2D eigenvalue weighted by Crippen LogP contribution is 2.25. The van der Waals surface area contributed by atoms with Crippen LogP contribution >= 0.6 is 0 Å². The van der Waals surface area contributed by atoms with Crippen LogP contribution in [-0.4, -0.2) is 37.3 Å². The zero-order valence-corrected chi connectivity index (χ0v) is 15.6. The predicted octanol–water partition coefficient (Wildman–Crippen LogP) is 4.47. The van der Waals surface area contributed by atoms with Gasteiger partial charge in [-0.05, 0) is 61.1 Å². The van der Waals surface area contributed by atoms with E-state index in [1.807, 2.05) is 55.5 Å². The first-order chi connectivity index (χ1) is 13.2. The molecule has 0 radical (unpaired) electrons. The molecule has 1 aliphatic heterocycles. The molecule has 0 atom stereocenters. The zero-order valence-electron chi connectivity index (χ0n) is 15.6. The van der Waals surface area contributed by atoms with Gasteiger partial charge >= 0.3 is 6.09 Å². The zero-order chi connectivity index (χ0) is 19.1. The first-order valence-corrected chi connectivity index (χ1v) is 9.34. The number of hydrogen-bond donors (Lipinski definition) is 0. The van der Waals surface area contributed by atoms with Crippen molar-refractivity contribution < 1.29 is 14.3 Å². The quantitative estimate of drug-likeness (QED) is 0.785. The Bertz CT molecular complexity index is 803. The fourth-order valence-corrected chi connectivity index (χ4v) is 3.21. The summed E-state index contributed by atoms with van der Waals surface area (Å²) in [5.41, 5.74) is 2.77. The summed E-state index contributed by atoms with van der Waals surface area (Å²) in [5, 5.41) is 8.91. The summed E-state index contributed by atoms with van der Waals surface area (Å²) in [6, 6.07) is 17.7. The molecule has 0 aliphatic carbocycles. The highest BCUT2D eigenvalue weighted by atomic mass is 16.6. The monoisotopic (exact) mass is 364 g/mol. The molecule has 1 amide bonds. The van der Waals surface area contributed by atoms with Gasteiger partial charge < -0.3 is 14.4 Å². The second-order valence-electron chi connectivity index (χ2n) is 6.66. The average molecular weight is 364 g/mol. The second kappa shape index (κ2) is 9.09. The van der Waals surface area contributed by atoms with Gasteiger partial charge in [-0.1, -0.05) is 24.3 Å². The van der Waals surface area contributed by atoms with Crippen LogP contribution in [-0.2, 0) is 4.74 Å². The summed E-state index contributed by atoms with van der Waals surface area (Å²) in [7, 11) is 0. The molecule has 27 heavy (non-hydrogen) atoms. The molecule has 0 N–H and O–H groups in total. The topological polar surface area (TPSA) is 62.6 Å². The molecule has 0 unspecified atom stereocenters. The van der Waals surface area contributed by atoms with Crippen LogP contribution in [0, 0.1) is 17.2 Å². The van der Waals surface area contributed by atoms with Crippen molar-refractivity contribution in [3.05, 3.63) is 54.1 Å². The Morgan fingerprint density at radius 1 is 1.15 bits per heavy atom. The van der Waals surface area contributed by atoms with Gasteiger partial charge in [0.15, 0.2) is 0 Å². The molecule has 0 spiro atoms. The fraction of sp³-hybridized carbons (Fsp3) is 0.364. The molecule has 5 heteroatoms. The minimum absolute atomic E-state index is 0.216. The van der Waals surface area contributed by atoms with E-state index in [9.17, 15) is 4.79 Å². The van der Waals surface area contributed by atoms with E-state index in [0.717, 1.165) is 42.8 Å². The van der Waals surface area contributed by atoms with Crippen molar-refractivity contribution in [3.63, 3.8) is 0 Å². The number of carbonyl (C=O) groups excluding carboxylic acids is 1. The summed E-state index contributed by atoms with van der Waals surface area (Å²) in [6.07, 6.45) is 1.63. The van der Waals surface area contributed by atoms with Crippen LogP contribution in [0.1, 0.15) is 25.3 Å². The number of amides is 1. The van der Waals surface area contributed by atoms with E-state index in [2.05, 4.69) is 6.07 Å². The number of benzene rings is 2. The third-order valence-corrected chi connectivity index (χ3v) is 4.81. The maximum atomic E-state index is 11.8. The van der Waals surface area contributed by atoms with Gasteiger partial charge in [0.25, 0.3) is 0 Å². The summed E-state index contributed by atoms with van der Waals surface area (Å²) in [6.45, 7) is 4.33. The lowest BCUT2D eigenvalue weighted by atomic mass is 9.98. The number of piperidine rings is 1. The largest absolute Gasteiger partial charge is 0.493 e. The van der Waals surface area contributed by atoms with Crippen molar-refractivity contribution in [2.45, 2.75) is 19.8 Å². The standard InChI is InChI=1S/C22H24N2O3/c1-2-26-22(25)24-12-10-18(11-13-24)16-27-21-5-3-4-20(14-21)19-8-6-17(15-23)7-9-19/h3-9,14,18H,2,10-13,16H2,1H3. The number of rotatable bonds is 5. The SMILES string of the molecule is CCOC(=O)N1CCC(COc2cccc(-c3ccc(C#N)cc3)c2)CC1. The van der Waals surface area contributed by atoms with Crippen molar-refractivity contribution in [2.24, 2.45) is 5.92 Å². The molecule has 5 nitrogen and oxygen atoms in total. The molecule has 0 bridgehead atoms. The Kier molecular flexibility index (Phi) is 6.32. The first kappa shape index (κ1) is 18.8. The van der Waals surface area contributed by atoms with Crippen LogP contribution in [0.15, 0.2) is 48.5 Å². The van der Waals surface area contributed by atoms with Crippen molar-refractivity contribution in [1.29, 1.82) is 5.26 Å². The highest BCUT2D eigenvalue weighted by molar-refractivity contribution is 5.67. The highest BCUT2D eigenvalue weighted by Gasteiger charge is 2.23. The van der Waals surface area contributed by atoms with Crippen molar-refractivity contribution in [2.75, 3.05) is 26.3 Å². The molecule has 0 saturated carbocycles. The van der Waals surface area contributed by atoms with Gasteiger partial charge in [0.05, 0.1) is 24.8 Å². The second-order valence-corrected chi connectivity index (χ2v) is 6.66. The normalized spacial score (nSPS) is 14.4. The average Bonchev–Trinajstić information content (AvgIpc) is 2.73. The van der Waals surface area contributed by atoms with Crippen LogP contribution in [0.25, 0.3) is 11.1 Å². The number of nitrogens with zero attached hydrogens (tertiary/aromatic N) is 2. The van der Waals surface area contributed by atoms with Crippen LogP contribution in [0.5, 0.6) is 5.75 Å². The van der Waals surface area contributed by atoms with Crippen LogP contribution in [0.4, 0.5) is 4.79 Å². The molecule has 2 aromatic rings. The third kappa shape index (κ3) is 5.01. The lowest BCUT2D eigenvalue weighted by molar-refractivity contribution is 0.0845. The van der Waals surface area contributed by atoms with E-state index in [1.165, 1.54) is 0 Å². The van der Waals surface area contributed by atoms with Crippen molar-refractivity contribution in [3.8, 4) is 22.9 Å². The van der Waals surface area contributed by atoms with Gasteiger partial charge in [-0.15, -0.1) is 0 Å². The van der Waals surface area contributed by atoms with Crippen molar-refractivity contribution >= 4 is 6.09 Å². The molecule has 140 valence electrons. The van der Waals surface area contributed by atoms with E-state index in [1.54, 1.807) is 4.90 Å². The summed E-state index contributed by atoms with van der Waals surface area (Å²) in [4.78, 5) is 13.5. The lowest BCUT2D eigenvalue weighted by Crippen LogP contribution is -2.40. The molecule has 1 saturated heterocycles. The number of nitriles is 1. The number of likely N-dealkylation sites (tertiary alicyclic amines) is 1. The summed E-state index contributed by atoms with van der Waals surface area (Å²) >= 11 is 0. The Morgan fingerprint density at radius 2 is 1.89 bits per heavy atom. The molecular weight excluding hydrogens is 340 g/mol. The molecule has 1 fully saturated rings. The van der Waals surface area contributed by atoms with Gasteiger partial charge in [-0.3, -0.25) is 0 Å². The van der Waals surface area contributed by atoms with Crippen molar-refractivity contribution in [1.82, 2.24) is 4.90 Å². The number of carbonyl (C=O) groups is 1. The Morgan fingerprint density at radius 3 is 2.56 bits per heavy atom. The minimum Gasteiger partial charge on any atom is -0.493 e. The smallest absolute Gasteiger partial charge is 0.409 e. The van der Waals surface area contributed by atoms with Gasteiger partial charge in [0.1, 0.15) is 5.75 Å². The van der Waals surface area contributed by atoms with E-state index < -0.39 is 0 Å². The van der Waals surface area contributed by atoms with Gasteiger partial charge in [0.2, 0.25) is 0 Å². The Labute approximate surface area is 160 Å². The maximum absolute atomic E-state index is 11.8. The molecule has 0 aromatic heterocycles. The van der Waals surface area contributed by atoms with Crippen LogP contribution in [0.3, 0.4) is 0 Å². The van der Waals surface area contributed by atoms with Gasteiger partial charge in [-0.2, -0.15) is 5.26 Å². The van der Waals surface area contributed by atoms with Gasteiger partial charge in [-0.25, -0.2) is 4.79 Å². The molecule has 1 heterocycles. The van der Waals surface area contributed by atoms with Crippen LogP contribution in [0.2, 0.25) is 0 Å². The Hall–Kier alpha value is -3.00. The van der Waals surface area contributed by atoms with E-state index in [4.69, 9.17) is 14.7 Å². The predicted molar refractivity (Wildman–Crippen MR) is 103 cm³/mol. The molecule has 2 aromatic carbocycles. The van der Waals surface area contributed by atoms with E-state index in [0.29, 0.717) is 24.7 Å². The van der Waals surface area contributed by atoms with Crippen LogP contribution < -0.4 is 4.74 Å².